The van der Waals surface area contributed by atoms with E-state index in [0.29, 0.717) is 16.8 Å². The van der Waals surface area contributed by atoms with E-state index in [1.807, 2.05) is 13.8 Å². The second-order valence-electron chi connectivity index (χ2n) is 6.29. The number of halogens is 3. The average Bonchev–Trinajstić information content (AvgIpc) is 2.99. The number of ether oxygens (including phenoxy) is 1. The Morgan fingerprint density at radius 3 is 2.41 bits per heavy atom. The van der Waals surface area contributed by atoms with Crippen molar-refractivity contribution in [1.29, 1.82) is 0 Å². The number of hydrogen-bond donors (Lipinski definition) is 3. The predicted molar refractivity (Wildman–Crippen MR) is 107 cm³/mol. The van der Waals surface area contributed by atoms with E-state index < -0.39 is 23.0 Å². The highest BCUT2D eigenvalue weighted by Crippen LogP contribution is 2.30. The van der Waals surface area contributed by atoms with Gasteiger partial charge in [0.2, 0.25) is 0 Å². The standard InChI is InChI=1S/C19H17F3N4O2S/c1-9(2)24-17(23)16-18(27)26-29-19(16)25-11-4-6-15(13(22)8-11)28-14-5-3-10(20)7-12(14)21/h3-9,25H,1-2H3,(H2,23,24)(H,26,27). The minimum atomic E-state index is -0.951. The topological polar surface area (TPSA) is 92.5 Å². The highest BCUT2D eigenvalue weighted by atomic mass is 32.1. The molecular formula is C19H17F3N4O2S. The average molecular weight is 422 g/mol. The summed E-state index contributed by atoms with van der Waals surface area (Å²) < 4.78 is 48.8. The first-order chi connectivity index (χ1) is 13.7. The molecule has 1 aromatic heterocycles. The van der Waals surface area contributed by atoms with Gasteiger partial charge in [0.25, 0.3) is 5.56 Å². The molecule has 0 unspecified atom stereocenters. The van der Waals surface area contributed by atoms with E-state index in [9.17, 15) is 18.0 Å². The van der Waals surface area contributed by atoms with E-state index in [-0.39, 0.29) is 28.9 Å². The van der Waals surface area contributed by atoms with E-state index in [0.717, 1.165) is 29.7 Å². The lowest BCUT2D eigenvalue weighted by molar-refractivity contribution is 0.412. The fourth-order valence-corrected chi connectivity index (χ4v) is 3.20. The smallest absolute Gasteiger partial charge is 0.271 e. The summed E-state index contributed by atoms with van der Waals surface area (Å²) in [7, 11) is 0. The first-order valence-electron chi connectivity index (χ1n) is 8.49. The first kappa shape index (κ1) is 20.5. The molecule has 0 bridgehead atoms. The second kappa shape index (κ2) is 8.39. The number of nitrogens with zero attached hydrogens (tertiary/aromatic N) is 1. The van der Waals surface area contributed by atoms with Crippen LogP contribution in [0, 0.1) is 17.5 Å². The maximum atomic E-state index is 14.4. The maximum Gasteiger partial charge on any atom is 0.271 e. The SMILES string of the molecule is CC(C)N=C(N)c1c(Nc2ccc(Oc3ccc(F)cc3F)c(F)c2)s[nH]c1=O. The Hall–Kier alpha value is -3.27. The lowest BCUT2D eigenvalue weighted by Crippen LogP contribution is -2.23. The summed E-state index contributed by atoms with van der Waals surface area (Å²) in [5.74, 6) is -2.99. The van der Waals surface area contributed by atoms with E-state index in [2.05, 4.69) is 14.7 Å². The van der Waals surface area contributed by atoms with Gasteiger partial charge in [-0.2, -0.15) is 0 Å². The fraction of sp³-hybridized carbons (Fsp3) is 0.158. The van der Waals surface area contributed by atoms with Crippen LogP contribution >= 0.6 is 11.5 Å². The van der Waals surface area contributed by atoms with Crippen LogP contribution in [0.3, 0.4) is 0 Å². The van der Waals surface area contributed by atoms with Crippen molar-refractivity contribution in [3.63, 3.8) is 0 Å². The third-order valence-electron chi connectivity index (χ3n) is 3.66. The van der Waals surface area contributed by atoms with E-state index in [1.54, 1.807) is 0 Å². The number of aliphatic imine (C=N–C) groups is 1. The van der Waals surface area contributed by atoms with Crippen LogP contribution in [0.2, 0.25) is 0 Å². The van der Waals surface area contributed by atoms with Gasteiger partial charge >= 0.3 is 0 Å². The summed E-state index contributed by atoms with van der Waals surface area (Å²) in [6.07, 6.45) is 0. The normalized spacial score (nSPS) is 11.7. The number of anilines is 2. The summed E-state index contributed by atoms with van der Waals surface area (Å²) in [5.41, 5.74) is 5.96. The van der Waals surface area contributed by atoms with Crippen LogP contribution in [0.5, 0.6) is 11.5 Å². The molecule has 2 aromatic carbocycles. The minimum Gasteiger partial charge on any atom is -0.451 e. The summed E-state index contributed by atoms with van der Waals surface area (Å²) >= 11 is 0.994. The number of hydrogen-bond acceptors (Lipinski definition) is 5. The van der Waals surface area contributed by atoms with Crippen LogP contribution in [0.25, 0.3) is 0 Å². The minimum absolute atomic E-state index is 0.0669. The monoisotopic (exact) mass is 422 g/mol. The zero-order valence-corrected chi connectivity index (χ0v) is 16.2. The highest BCUT2D eigenvalue weighted by Gasteiger charge is 2.16. The van der Waals surface area contributed by atoms with Gasteiger partial charge in [-0.15, -0.1) is 0 Å². The largest absolute Gasteiger partial charge is 0.451 e. The highest BCUT2D eigenvalue weighted by molar-refractivity contribution is 7.10. The Kier molecular flexibility index (Phi) is 5.92. The molecule has 0 amide bonds. The summed E-state index contributed by atoms with van der Waals surface area (Å²) in [6, 6.07) is 6.47. The van der Waals surface area contributed by atoms with Crippen molar-refractivity contribution in [2.45, 2.75) is 19.9 Å². The number of nitrogens with two attached hydrogens (primary N) is 1. The Morgan fingerprint density at radius 1 is 1.14 bits per heavy atom. The fourth-order valence-electron chi connectivity index (χ4n) is 2.43. The second-order valence-corrected chi connectivity index (χ2v) is 7.11. The van der Waals surface area contributed by atoms with Crippen molar-refractivity contribution in [2.24, 2.45) is 10.7 Å². The van der Waals surface area contributed by atoms with E-state index in [4.69, 9.17) is 10.5 Å². The summed E-state index contributed by atoms with van der Waals surface area (Å²) in [6.45, 7) is 3.64. The molecule has 3 aromatic rings. The molecule has 1 heterocycles. The van der Waals surface area contributed by atoms with Crippen LogP contribution in [-0.4, -0.2) is 16.3 Å². The Morgan fingerprint density at radius 2 is 1.79 bits per heavy atom. The van der Waals surface area contributed by atoms with Gasteiger partial charge in [-0.25, -0.2) is 13.2 Å². The zero-order valence-electron chi connectivity index (χ0n) is 15.4. The van der Waals surface area contributed by atoms with Gasteiger partial charge in [0, 0.05) is 23.9 Å². The maximum absolute atomic E-state index is 14.4. The first-order valence-corrected chi connectivity index (χ1v) is 9.31. The molecule has 0 aliphatic heterocycles. The van der Waals surface area contributed by atoms with Crippen LogP contribution < -0.4 is 21.3 Å². The molecule has 0 atom stereocenters. The number of benzene rings is 2. The molecular weight excluding hydrogens is 405 g/mol. The van der Waals surface area contributed by atoms with Gasteiger partial charge < -0.3 is 15.8 Å². The number of amidine groups is 1. The van der Waals surface area contributed by atoms with Crippen LogP contribution in [-0.2, 0) is 0 Å². The Balaban J connectivity index is 1.84. The van der Waals surface area contributed by atoms with Gasteiger partial charge in [0.05, 0.1) is 0 Å². The van der Waals surface area contributed by atoms with Gasteiger partial charge in [-0.05, 0) is 49.6 Å². The Bertz CT molecular complexity index is 1120. The molecule has 0 fully saturated rings. The molecule has 0 saturated heterocycles. The van der Waals surface area contributed by atoms with Crippen molar-refractivity contribution in [1.82, 2.24) is 4.37 Å². The predicted octanol–water partition coefficient (Wildman–Crippen LogP) is 4.50. The van der Waals surface area contributed by atoms with Crippen LogP contribution in [0.1, 0.15) is 19.4 Å². The van der Waals surface area contributed by atoms with Crippen molar-refractivity contribution in [3.05, 3.63) is 69.8 Å². The van der Waals surface area contributed by atoms with Crippen molar-refractivity contribution < 1.29 is 17.9 Å². The van der Waals surface area contributed by atoms with E-state index >= 15 is 0 Å². The lowest BCUT2D eigenvalue weighted by atomic mass is 10.2. The van der Waals surface area contributed by atoms with Gasteiger partial charge in [-0.3, -0.25) is 14.2 Å². The molecule has 29 heavy (non-hydrogen) atoms. The van der Waals surface area contributed by atoms with Gasteiger partial charge in [-0.1, -0.05) is 0 Å². The molecule has 0 radical (unpaired) electrons. The Labute approximate surface area is 168 Å². The molecule has 0 spiro atoms. The zero-order chi connectivity index (χ0) is 21.1. The molecule has 0 saturated carbocycles. The van der Waals surface area contributed by atoms with Gasteiger partial charge in [0.15, 0.2) is 23.1 Å². The third-order valence-corrected chi connectivity index (χ3v) is 4.45. The number of nitrogens with one attached hydrogen (secondary N) is 2. The molecule has 3 rings (SSSR count). The molecule has 0 aliphatic rings. The third kappa shape index (κ3) is 4.77. The van der Waals surface area contributed by atoms with Crippen LogP contribution in [0.15, 0.2) is 46.2 Å². The summed E-state index contributed by atoms with van der Waals surface area (Å²) in [5, 5.41) is 3.28. The number of H-pyrrole nitrogens is 1. The van der Waals surface area contributed by atoms with Crippen molar-refractivity contribution >= 4 is 28.1 Å². The number of rotatable bonds is 6. The van der Waals surface area contributed by atoms with Crippen molar-refractivity contribution in [2.75, 3.05) is 5.32 Å². The number of aromatic amines is 1. The summed E-state index contributed by atoms with van der Waals surface area (Å²) in [4.78, 5) is 16.2. The van der Waals surface area contributed by atoms with Crippen LogP contribution in [0.4, 0.5) is 23.9 Å². The van der Waals surface area contributed by atoms with Gasteiger partial charge in [0.1, 0.15) is 22.2 Å². The van der Waals surface area contributed by atoms with Crippen molar-refractivity contribution in [3.8, 4) is 11.5 Å². The molecule has 6 nitrogen and oxygen atoms in total. The number of aromatic nitrogens is 1. The molecule has 0 aliphatic carbocycles. The molecule has 4 N–H and O–H groups in total. The lowest BCUT2D eigenvalue weighted by Gasteiger charge is -2.10. The molecule has 152 valence electrons. The quantitative estimate of drug-likeness (QED) is 0.403. The molecule has 10 heteroatoms. The van der Waals surface area contributed by atoms with E-state index in [1.165, 1.54) is 12.1 Å².